The van der Waals surface area contributed by atoms with Crippen molar-refractivity contribution in [3.63, 3.8) is 0 Å². The van der Waals surface area contributed by atoms with E-state index in [1.54, 1.807) is 17.0 Å². The van der Waals surface area contributed by atoms with Gasteiger partial charge in [0, 0.05) is 44.5 Å². The minimum atomic E-state index is -0.339. The zero-order valence-corrected chi connectivity index (χ0v) is 19.4. The summed E-state index contributed by atoms with van der Waals surface area (Å²) >= 11 is 6.31. The molecule has 4 aromatic carbocycles. The van der Waals surface area contributed by atoms with Crippen molar-refractivity contribution in [3.05, 3.63) is 131 Å². The summed E-state index contributed by atoms with van der Waals surface area (Å²) in [6.45, 7) is 0.288. The molecule has 1 aliphatic heterocycles. The largest absolute Gasteiger partial charge is 0.342 e. The Labute approximate surface area is 207 Å². The number of hydrogen-bond acceptors (Lipinski definition) is 1. The number of carbonyl (C=O) groups is 1. The molecule has 5 heteroatoms. The summed E-state index contributed by atoms with van der Waals surface area (Å²) in [4.78, 5) is 15.4. The highest BCUT2D eigenvalue weighted by Gasteiger charge is 2.33. The third-order valence-electron chi connectivity index (χ3n) is 6.39. The Morgan fingerprint density at radius 3 is 2.40 bits per heavy atom. The minimum absolute atomic E-state index is 0.0774. The van der Waals surface area contributed by atoms with E-state index in [4.69, 9.17) is 11.6 Å². The van der Waals surface area contributed by atoms with Crippen LogP contribution in [-0.4, -0.2) is 10.5 Å². The van der Waals surface area contributed by atoms with Crippen LogP contribution in [0.15, 0.2) is 103 Å². The predicted molar refractivity (Wildman–Crippen MR) is 140 cm³/mol. The lowest BCUT2D eigenvalue weighted by Crippen LogP contribution is -2.20. The summed E-state index contributed by atoms with van der Waals surface area (Å²) < 4.78 is 16.5. The molecule has 0 atom stereocenters. The number of anilines is 2. The SMILES string of the molecule is O=C1/C(=C/c2cn(Cc3c(F)cccc3Cl)c3ccccc23)c2ccccc2N1c1ccccc1. The fourth-order valence-corrected chi connectivity index (χ4v) is 4.97. The molecule has 6 rings (SSSR count). The van der Waals surface area contributed by atoms with Crippen molar-refractivity contribution >= 4 is 51.4 Å². The fourth-order valence-electron chi connectivity index (χ4n) is 4.74. The van der Waals surface area contributed by atoms with Crippen LogP contribution in [0, 0.1) is 5.82 Å². The molecule has 0 saturated heterocycles. The lowest BCUT2D eigenvalue weighted by molar-refractivity contribution is -0.112. The molecule has 1 aliphatic rings. The van der Waals surface area contributed by atoms with Crippen LogP contribution < -0.4 is 4.90 Å². The Bertz CT molecular complexity index is 1600. The van der Waals surface area contributed by atoms with Crippen molar-refractivity contribution in [1.29, 1.82) is 0 Å². The van der Waals surface area contributed by atoms with Gasteiger partial charge in [-0.25, -0.2) is 4.39 Å². The first kappa shape index (κ1) is 21.4. The first-order valence-corrected chi connectivity index (χ1v) is 11.7. The highest BCUT2D eigenvalue weighted by molar-refractivity contribution is 6.38. The number of amides is 1. The van der Waals surface area contributed by atoms with Crippen molar-refractivity contribution in [2.75, 3.05) is 4.90 Å². The summed E-state index contributed by atoms with van der Waals surface area (Å²) in [7, 11) is 0. The van der Waals surface area contributed by atoms with Crippen LogP contribution in [0.4, 0.5) is 15.8 Å². The Kier molecular flexibility index (Phi) is 5.24. The first-order valence-electron chi connectivity index (χ1n) is 11.3. The van der Waals surface area contributed by atoms with E-state index >= 15 is 0 Å². The summed E-state index contributed by atoms with van der Waals surface area (Å²) in [6, 6.07) is 30.1. The van der Waals surface area contributed by atoms with Crippen LogP contribution >= 0.6 is 11.6 Å². The molecule has 0 N–H and O–H groups in total. The Morgan fingerprint density at radius 1 is 0.829 bits per heavy atom. The molecule has 0 unspecified atom stereocenters. The molecule has 3 nitrogen and oxygen atoms in total. The van der Waals surface area contributed by atoms with Crippen molar-refractivity contribution in [2.45, 2.75) is 6.54 Å². The molecule has 5 aromatic rings. The molecule has 2 heterocycles. The molecule has 0 bridgehead atoms. The van der Waals surface area contributed by atoms with E-state index < -0.39 is 0 Å². The lowest BCUT2D eigenvalue weighted by atomic mass is 10.0. The van der Waals surface area contributed by atoms with Crippen LogP contribution in [0.25, 0.3) is 22.6 Å². The van der Waals surface area contributed by atoms with Crippen LogP contribution in [-0.2, 0) is 11.3 Å². The number of carbonyl (C=O) groups excluding carboxylic acids is 1. The van der Waals surface area contributed by atoms with Gasteiger partial charge in [0.2, 0.25) is 0 Å². The van der Waals surface area contributed by atoms with Crippen molar-refractivity contribution in [3.8, 4) is 0 Å². The highest BCUT2D eigenvalue weighted by atomic mass is 35.5. The van der Waals surface area contributed by atoms with Gasteiger partial charge < -0.3 is 4.57 Å². The minimum Gasteiger partial charge on any atom is -0.342 e. The molecular weight excluding hydrogens is 459 g/mol. The number of fused-ring (bicyclic) bond motifs is 2. The molecule has 1 amide bonds. The van der Waals surface area contributed by atoms with E-state index in [1.165, 1.54) is 6.07 Å². The number of aromatic nitrogens is 1. The molecule has 0 aliphatic carbocycles. The van der Waals surface area contributed by atoms with E-state index in [-0.39, 0.29) is 18.3 Å². The van der Waals surface area contributed by atoms with Gasteiger partial charge in [0.1, 0.15) is 5.82 Å². The van der Waals surface area contributed by atoms with Gasteiger partial charge in [-0.15, -0.1) is 0 Å². The number of hydrogen-bond donors (Lipinski definition) is 0. The first-order chi connectivity index (χ1) is 17.1. The van der Waals surface area contributed by atoms with Gasteiger partial charge in [0.25, 0.3) is 5.91 Å². The molecule has 0 radical (unpaired) electrons. The summed E-state index contributed by atoms with van der Waals surface area (Å²) in [6.07, 6.45) is 3.90. The molecule has 170 valence electrons. The second-order valence-electron chi connectivity index (χ2n) is 8.48. The second kappa shape index (κ2) is 8.57. The highest BCUT2D eigenvalue weighted by Crippen LogP contribution is 2.42. The third-order valence-corrected chi connectivity index (χ3v) is 6.75. The number of nitrogens with zero attached hydrogens (tertiary/aromatic N) is 2. The maximum atomic E-state index is 14.5. The van der Waals surface area contributed by atoms with Gasteiger partial charge in [0.15, 0.2) is 0 Å². The Hall–Kier alpha value is -4.15. The van der Waals surface area contributed by atoms with E-state index in [2.05, 4.69) is 0 Å². The lowest BCUT2D eigenvalue weighted by Gasteiger charge is -2.16. The Balaban J connectivity index is 1.49. The molecule has 0 saturated carbocycles. The normalized spacial score (nSPS) is 14.2. The standard InChI is InChI=1S/C30H20ClFN2O/c31-26-13-8-14-27(32)25(26)19-33-18-20(22-11-4-6-15-28(22)33)17-24-23-12-5-7-16-29(23)34(30(24)35)21-9-2-1-3-10-21/h1-18H,19H2/b24-17+. The van der Waals surface area contributed by atoms with Crippen LogP contribution in [0.5, 0.6) is 0 Å². The van der Waals surface area contributed by atoms with Crippen LogP contribution in [0.2, 0.25) is 5.02 Å². The van der Waals surface area contributed by atoms with E-state index in [0.29, 0.717) is 16.2 Å². The van der Waals surface area contributed by atoms with Crippen LogP contribution in [0.1, 0.15) is 16.7 Å². The van der Waals surface area contributed by atoms with E-state index in [1.807, 2.05) is 95.7 Å². The average molecular weight is 479 g/mol. The van der Waals surface area contributed by atoms with E-state index in [0.717, 1.165) is 33.4 Å². The van der Waals surface area contributed by atoms with Gasteiger partial charge in [-0.1, -0.05) is 72.3 Å². The topological polar surface area (TPSA) is 25.2 Å². The maximum Gasteiger partial charge on any atom is 0.263 e. The number of rotatable bonds is 4. The predicted octanol–water partition coefficient (Wildman–Crippen LogP) is 7.70. The smallest absolute Gasteiger partial charge is 0.263 e. The fraction of sp³-hybridized carbons (Fsp3) is 0.0333. The Morgan fingerprint density at radius 2 is 1.57 bits per heavy atom. The second-order valence-corrected chi connectivity index (χ2v) is 8.89. The third kappa shape index (κ3) is 3.63. The summed E-state index contributed by atoms with van der Waals surface area (Å²) in [5, 5.41) is 1.37. The summed E-state index contributed by atoms with van der Waals surface area (Å²) in [5.41, 5.74) is 5.46. The van der Waals surface area contributed by atoms with Crippen molar-refractivity contribution in [2.24, 2.45) is 0 Å². The van der Waals surface area contributed by atoms with Crippen molar-refractivity contribution in [1.82, 2.24) is 4.57 Å². The number of benzene rings is 4. The number of para-hydroxylation sites is 3. The van der Waals surface area contributed by atoms with Gasteiger partial charge in [-0.3, -0.25) is 9.69 Å². The number of halogens is 2. The molecule has 0 spiro atoms. The van der Waals surface area contributed by atoms with Crippen LogP contribution in [0.3, 0.4) is 0 Å². The van der Waals surface area contributed by atoms with Gasteiger partial charge in [0.05, 0.1) is 17.8 Å². The average Bonchev–Trinajstić information content (AvgIpc) is 3.37. The quantitative estimate of drug-likeness (QED) is 0.243. The monoisotopic (exact) mass is 478 g/mol. The zero-order valence-electron chi connectivity index (χ0n) is 18.7. The molecule has 1 aromatic heterocycles. The van der Waals surface area contributed by atoms with Gasteiger partial charge in [-0.05, 0) is 42.5 Å². The molecule has 35 heavy (non-hydrogen) atoms. The van der Waals surface area contributed by atoms with E-state index in [9.17, 15) is 9.18 Å². The van der Waals surface area contributed by atoms with Crippen molar-refractivity contribution < 1.29 is 9.18 Å². The van der Waals surface area contributed by atoms with Gasteiger partial charge in [-0.2, -0.15) is 0 Å². The molecule has 0 fully saturated rings. The zero-order chi connectivity index (χ0) is 23.9. The summed E-state index contributed by atoms with van der Waals surface area (Å²) in [5.74, 6) is -0.417. The van der Waals surface area contributed by atoms with Gasteiger partial charge >= 0.3 is 0 Å². The molecular formula is C30H20ClFN2O. The maximum absolute atomic E-state index is 14.5.